The van der Waals surface area contributed by atoms with Crippen molar-refractivity contribution in [2.45, 2.75) is 169 Å². The van der Waals surface area contributed by atoms with Crippen LogP contribution in [-0.2, 0) is 11.0 Å². The highest BCUT2D eigenvalue weighted by Gasteiger charge is 2.49. The van der Waals surface area contributed by atoms with E-state index < -0.39 is 0 Å². The van der Waals surface area contributed by atoms with Gasteiger partial charge in [-0.15, -0.1) is 0 Å². The van der Waals surface area contributed by atoms with Gasteiger partial charge in [0.2, 0.25) is 0 Å². The number of nitriles is 1. The monoisotopic (exact) mass is 1030 g/mol. The molecule has 3 aliphatic rings. The van der Waals surface area contributed by atoms with E-state index in [-0.39, 0.29) is 11.2 Å². The summed E-state index contributed by atoms with van der Waals surface area (Å²) in [6.07, 6.45) is 4.75. The summed E-state index contributed by atoms with van der Waals surface area (Å²) in [5.41, 5.74) is 12.4. The maximum atomic E-state index is 12.4. The van der Waals surface area contributed by atoms with Crippen LogP contribution >= 0.6 is 11.6 Å². The molecule has 2 saturated carbocycles. The van der Waals surface area contributed by atoms with Crippen molar-refractivity contribution in [3.05, 3.63) is 207 Å². The van der Waals surface area contributed by atoms with Crippen LogP contribution in [0.25, 0.3) is 0 Å². The van der Waals surface area contributed by atoms with Crippen LogP contribution < -0.4 is 4.74 Å². The maximum absolute atomic E-state index is 12.4. The highest BCUT2D eigenvalue weighted by molar-refractivity contribution is 6.30. The molecule has 6 aromatic carbocycles. The van der Waals surface area contributed by atoms with Crippen LogP contribution in [0.1, 0.15) is 201 Å². The lowest BCUT2D eigenvalue weighted by atomic mass is 9.94. The summed E-state index contributed by atoms with van der Waals surface area (Å²) >= 11 is 5.72. The Hall–Kier alpha value is -5.25. The largest absolute Gasteiger partial charge is 0.494 e. The van der Waals surface area contributed by atoms with Gasteiger partial charge in [0, 0.05) is 36.7 Å². The molecule has 0 amide bonds. The first-order valence-electron chi connectivity index (χ1n) is 28.0. The van der Waals surface area contributed by atoms with Crippen LogP contribution in [0, 0.1) is 24.1 Å². The second-order valence-electron chi connectivity index (χ2n) is 22.7. The van der Waals surface area contributed by atoms with Gasteiger partial charge >= 0.3 is 0 Å². The lowest BCUT2D eigenvalue weighted by Crippen LogP contribution is -2.49. The minimum absolute atomic E-state index is 0.129. The molecule has 404 valence electrons. The Bertz CT molecular complexity index is 2420. The SMILES string of the molecule is CC(C)c1ccc(C2(C#N)CC2)cc1.CC(C)c1ccc(C2(N3CCN(C)CC3)CC2)cc1.CC(C)c1ccc(Cl)cc1.CC(C)c1ccc(F)cc1.CCOc1ccc(C(C)C)cc1.Cc1ccc(C(C)C)cc1. The molecule has 0 unspecified atom stereocenters. The minimum atomic E-state index is -0.163. The predicted molar refractivity (Wildman–Crippen MR) is 321 cm³/mol. The molecule has 0 aromatic heterocycles. The summed E-state index contributed by atoms with van der Waals surface area (Å²) in [7, 11) is 2.23. The Kier molecular flexibility index (Phi) is 25.3. The van der Waals surface area contributed by atoms with E-state index in [1.54, 1.807) is 5.56 Å². The summed E-state index contributed by atoms with van der Waals surface area (Å²) < 4.78 is 17.7. The molecule has 6 heteroatoms. The van der Waals surface area contributed by atoms with Gasteiger partial charge in [0.25, 0.3) is 0 Å². The maximum Gasteiger partial charge on any atom is 0.123 e. The second-order valence-corrected chi connectivity index (χ2v) is 23.1. The zero-order chi connectivity index (χ0) is 55.3. The Balaban J connectivity index is 0.000000199. The Morgan fingerprint density at radius 1 is 0.493 bits per heavy atom. The quantitative estimate of drug-likeness (QED) is 0.130. The predicted octanol–water partition coefficient (Wildman–Crippen LogP) is 19.2. The lowest BCUT2D eigenvalue weighted by molar-refractivity contribution is 0.0976. The number of rotatable bonds is 11. The number of nitrogens with zero attached hydrogens (tertiary/aromatic N) is 3. The first-order valence-corrected chi connectivity index (χ1v) is 28.4. The van der Waals surface area contributed by atoms with Gasteiger partial charge in [-0.1, -0.05) is 209 Å². The number of hydrogen-bond donors (Lipinski definition) is 0. The van der Waals surface area contributed by atoms with Crippen LogP contribution in [0.5, 0.6) is 5.75 Å². The third-order valence-electron chi connectivity index (χ3n) is 14.7. The van der Waals surface area contributed by atoms with E-state index in [0.29, 0.717) is 41.0 Å². The molecular weight excluding hydrogens is 941 g/mol. The summed E-state index contributed by atoms with van der Waals surface area (Å²) in [4.78, 5) is 5.16. The van der Waals surface area contributed by atoms with Gasteiger partial charge in [0.05, 0.1) is 18.1 Å². The van der Waals surface area contributed by atoms with Gasteiger partial charge in [-0.2, -0.15) is 5.26 Å². The van der Waals surface area contributed by atoms with E-state index in [1.807, 2.05) is 43.3 Å². The van der Waals surface area contributed by atoms with E-state index in [0.717, 1.165) is 30.2 Å². The highest BCUT2D eigenvalue weighted by Crippen LogP contribution is 2.51. The molecule has 2 aliphatic carbocycles. The molecule has 0 bridgehead atoms. The van der Waals surface area contributed by atoms with Gasteiger partial charge in [-0.05, 0) is 163 Å². The van der Waals surface area contributed by atoms with E-state index >= 15 is 0 Å². The fraction of sp³-hybridized carbons (Fsp3) is 0.464. The van der Waals surface area contributed by atoms with Crippen molar-refractivity contribution in [2.24, 2.45) is 0 Å². The highest BCUT2D eigenvalue weighted by atomic mass is 35.5. The van der Waals surface area contributed by atoms with E-state index in [4.69, 9.17) is 21.6 Å². The normalized spacial score (nSPS) is 15.2. The van der Waals surface area contributed by atoms with Crippen LogP contribution in [0.3, 0.4) is 0 Å². The number of piperazine rings is 1. The number of benzene rings is 6. The molecular formula is C69H93ClFN3O. The van der Waals surface area contributed by atoms with Gasteiger partial charge in [0.15, 0.2) is 0 Å². The lowest BCUT2D eigenvalue weighted by Gasteiger charge is -2.38. The molecule has 0 atom stereocenters. The molecule has 4 nitrogen and oxygen atoms in total. The number of hydrogen-bond acceptors (Lipinski definition) is 4. The Morgan fingerprint density at radius 3 is 1.16 bits per heavy atom. The smallest absolute Gasteiger partial charge is 0.123 e. The molecule has 1 saturated heterocycles. The number of halogens is 2. The third-order valence-corrected chi connectivity index (χ3v) is 15.0. The second kappa shape index (κ2) is 30.5. The van der Waals surface area contributed by atoms with Crippen molar-refractivity contribution in [3.8, 4) is 11.8 Å². The van der Waals surface area contributed by atoms with E-state index in [9.17, 15) is 4.39 Å². The average Bonchev–Trinajstić information content (AvgIpc) is 4.35. The van der Waals surface area contributed by atoms with Crippen LogP contribution in [-0.4, -0.2) is 49.6 Å². The first-order chi connectivity index (χ1) is 35.6. The molecule has 0 spiro atoms. The zero-order valence-corrected chi connectivity index (χ0v) is 49.4. The summed E-state index contributed by atoms with van der Waals surface area (Å²) in [6.45, 7) is 36.0. The van der Waals surface area contributed by atoms with Crippen molar-refractivity contribution in [1.82, 2.24) is 9.80 Å². The molecule has 0 radical (unpaired) electrons. The summed E-state index contributed by atoms with van der Waals surface area (Å²) in [5.74, 6) is 4.33. The minimum Gasteiger partial charge on any atom is -0.494 e. The number of ether oxygens (including phenoxy) is 1. The fourth-order valence-electron chi connectivity index (χ4n) is 8.86. The van der Waals surface area contributed by atoms with Crippen molar-refractivity contribution in [2.75, 3.05) is 39.8 Å². The Morgan fingerprint density at radius 2 is 0.827 bits per heavy atom. The molecule has 1 aliphatic heterocycles. The third kappa shape index (κ3) is 20.3. The van der Waals surface area contributed by atoms with Gasteiger partial charge in [-0.3, -0.25) is 4.90 Å². The molecule has 75 heavy (non-hydrogen) atoms. The zero-order valence-electron chi connectivity index (χ0n) is 48.7. The topological polar surface area (TPSA) is 39.5 Å². The van der Waals surface area contributed by atoms with Crippen molar-refractivity contribution in [1.29, 1.82) is 5.26 Å². The van der Waals surface area contributed by atoms with Gasteiger partial charge in [-0.25, -0.2) is 4.39 Å². The van der Waals surface area contributed by atoms with Crippen molar-refractivity contribution < 1.29 is 9.13 Å². The van der Waals surface area contributed by atoms with Crippen LogP contribution in [0.4, 0.5) is 4.39 Å². The number of likely N-dealkylation sites (N-methyl/N-ethyl adjacent to an activating group) is 1. The molecule has 9 rings (SSSR count). The molecule has 0 N–H and O–H groups in total. The Labute approximate surface area is 460 Å². The van der Waals surface area contributed by atoms with Crippen LogP contribution in [0.2, 0.25) is 5.02 Å². The van der Waals surface area contributed by atoms with E-state index in [2.05, 4.69) is 210 Å². The van der Waals surface area contributed by atoms with Crippen LogP contribution in [0.15, 0.2) is 146 Å². The van der Waals surface area contributed by atoms with Crippen molar-refractivity contribution in [3.63, 3.8) is 0 Å². The molecule has 1 heterocycles. The summed E-state index contributed by atoms with van der Waals surface area (Å²) in [5, 5.41) is 9.85. The summed E-state index contributed by atoms with van der Waals surface area (Å²) in [6, 6.07) is 52.0. The molecule has 6 aromatic rings. The van der Waals surface area contributed by atoms with Crippen molar-refractivity contribution >= 4 is 11.6 Å². The van der Waals surface area contributed by atoms with Gasteiger partial charge < -0.3 is 9.64 Å². The standard InChI is InChI=1S/C17H26N2.C13H15N.C11H16O.C10H14.C9H11Cl.C9H11F/c1-14(2)15-4-6-16(7-5-15)17(8-9-17)19-12-10-18(3)11-13-19;1-10(2)11-3-5-12(6-4-11)13(9-14)7-8-13;1-4-12-11-7-5-10(6-8-11)9(2)3;1-8(2)10-6-4-9(3)5-7-10;2*1-7(2)8-3-5-9(10)6-4-8/h4-7,14H,8-13H2,1-3H3;3-6,10H,7-8H2,1-2H3;5-9H,4H2,1-3H3;4-8H,1-3H3;2*3-7H,1-2H3. The van der Waals surface area contributed by atoms with Gasteiger partial charge in [0.1, 0.15) is 11.6 Å². The molecule has 3 fully saturated rings. The average molecular weight is 1030 g/mol. The first kappa shape index (κ1) is 62.3. The fourth-order valence-corrected chi connectivity index (χ4v) is 8.98. The van der Waals surface area contributed by atoms with E-state index in [1.165, 1.54) is 95.7 Å². The number of aryl methyl sites for hydroxylation is 1.